The third-order valence-electron chi connectivity index (χ3n) is 2.01. The molecule has 2 heteroatoms. The molecule has 1 rings (SSSR count). The molecule has 1 aromatic carbocycles. The smallest absolute Gasteiger partial charge is 0.0386 e. The predicted octanol–water partition coefficient (Wildman–Crippen LogP) is 2.75. The van der Waals surface area contributed by atoms with Crippen LogP contribution in [0.25, 0.3) is 0 Å². The van der Waals surface area contributed by atoms with Gasteiger partial charge in [-0.05, 0) is 18.2 Å². The van der Waals surface area contributed by atoms with Gasteiger partial charge in [0.1, 0.15) is 0 Å². The molecule has 1 atom stereocenters. The van der Waals surface area contributed by atoms with Crippen LogP contribution in [0.15, 0.2) is 24.3 Å². The molecule has 0 fully saturated rings. The van der Waals surface area contributed by atoms with E-state index in [0.29, 0.717) is 0 Å². The number of hydrogen-bond acceptors (Lipinski definition) is 2. The van der Waals surface area contributed by atoms with E-state index >= 15 is 0 Å². The van der Waals surface area contributed by atoms with E-state index in [1.54, 1.807) is 0 Å². The quantitative estimate of drug-likeness (QED) is 0.799. The van der Waals surface area contributed by atoms with E-state index in [2.05, 4.69) is 38.1 Å². The van der Waals surface area contributed by atoms with Gasteiger partial charge in [-0.1, -0.05) is 36.8 Å². The largest absolute Gasteiger partial charge is 0.323 e. The molecule has 0 aliphatic carbocycles. The molecule has 0 aromatic heterocycles. The van der Waals surface area contributed by atoms with E-state index in [1.807, 2.05) is 11.8 Å². The van der Waals surface area contributed by atoms with E-state index in [9.17, 15) is 0 Å². The fraction of sp³-hybridized carbons (Fsp3) is 0.455. The average Bonchev–Trinajstić information content (AvgIpc) is 2.15. The van der Waals surface area contributed by atoms with Crippen molar-refractivity contribution in [1.82, 2.24) is 0 Å². The Bertz CT molecular complexity index is 243. The first-order valence-electron chi connectivity index (χ1n) is 4.64. The molecule has 1 unspecified atom stereocenters. The van der Waals surface area contributed by atoms with Gasteiger partial charge < -0.3 is 5.73 Å². The highest BCUT2D eigenvalue weighted by Gasteiger charge is 2.03. The second-order valence-electron chi connectivity index (χ2n) is 3.18. The van der Waals surface area contributed by atoms with E-state index in [4.69, 9.17) is 5.73 Å². The molecule has 0 saturated heterocycles. The maximum atomic E-state index is 6.01. The Morgan fingerprint density at radius 3 is 2.46 bits per heavy atom. The van der Waals surface area contributed by atoms with Crippen LogP contribution < -0.4 is 5.73 Å². The molecular weight excluding hydrogens is 178 g/mol. The lowest BCUT2D eigenvalue weighted by Gasteiger charge is -2.10. The summed E-state index contributed by atoms with van der Waals surface area (Å²) in [6.07, 6.45) is 0. The van der Waals surface area contributed by atoms with Crippen molar-refractivity contribution in [2.75, 3.05) is 11.5 Å². The predicted molar refractivity (Wildman–Crippen MR) is 61.1 cm³/mol. The molecule has 2 N–H and O–H groups in total. The molecule has 0 bridgehead atoms. The summed E-state index contributed by atoms with van der Waals surface area (Å²) in [6.45, 7) is 4.25. The molecule has 0 heterocycles. The van der Waals surface area contributed by atoms with Crippen LogP contribution in [-0.2, 0) is 0 Å². The number of benzene rings is 1. The van der Waals surface area contributed by atoms with E-state index < -0.39 is 0 Å². The van der Waals surface area contributed by atoms with Crippen molar-refractivity contribution in [2.45, 2.75) is 19.9 Å². The van der Waals surface area contributed by atoms with Gasteiger partial charge in [0.05, 0.1) is 0 Å². The molecule has 72 valence electrons. The van der Waals surface area contributed by atoms with Crippen LogP contribution in [0.4, 0.5) is 0 Å². The molecule has 0 saturated carbocycles. The summed E-state index contributed by atoms with van der Waals surface area (Å²) in [4.78, 5) is 0. The zero-order chi connectivity index (χ0) is 9.68. The lowest BCUT2D eigenvalue weighted by atomic mass is 10.1. The van der Waals surface area contributed by atoms with E-state index in [0.717, 1.165) is 11.5 Å². The molecule has 1 aromatic rings. The van der Waals surface area contributed by atoms with Crippen LogP contribution in [0.3, 0.4) is 0 Å². The third-order valence-corrected chi connectivity index (χ3v) is 3.01. The summed E-state index contributed by atoms with van der Waals surface area (Å²) in [5, 5.41) is 0. The van der Waals surface area contributed by atoms with Crippen molar-refractivity contribution in [2.24, 2.45) is 5.73 Å². The Labute approximate surface area is 84.7 Å². The van der Waals surface area contributed by atoms with Gasteiger partial charge in [-0.25, -0.2) is 0 Å². The number of aryl methyl sites for hydroxylation is 1. The normalized spacial score (nSPS) is 12.8. The minimum atomic E-state index is 0.186. The number of rotatable bonds is 4. The fourth-order valence-electron chi connectivity index (χ4n) is 1.15. The van der Waals surface area contributed by atoms with Crippen molar-refractivity contribution in [3.63, 3.8) is 0 Å². The summed E-state index contributed by atoms with van der Waals surface area (Å²) in [6, 6.07) is 8.66. The van der Waals surface area contributed by atoms with Gasteiger partial charge in [-0.15, -0.1) is 0 Å². The SMILES string of the molecule is CCSCC(N)c1ccc(C)cc1. The van der Waals surface area contributed by atoms with Gasteiger partial charge in [0.2, 0.25) is 0 Å². The maximum absolute atomic E-state index is 6.01. The molecule has 13 heavy (non-hydrogen) atoms. The average molecular weight is 195 g/mol. The summed E-state index contributed by atoms with van der Waals surface area (Å²) >= 11 is 1.89. The van der Waals surface area contributed by atoms with Crippen LogP contribution >= 0.6 is 11.8 Å². The molecule has 0 radical (unpaired) electrons. The van der Waals surface area contributed by atoms with Gasteiger partial charge in [0, 0.05) is 11.8 Å². The Morgan fingerprint density at radius 1 is 1.31 bits per heavy atom. The summed E-state index contributed by atoms with van der Waals surface area (Å²) in [5.41, 5.74) is 8.54. The molecular formula is C11H17NS. The van der Waals surface area contributed by atoms with E-state index in [-0.39, 0.29) is 6.04 Å². The van der Waals surface area contributed by atoms with Crippen LogP contribution in [-0.4, -0.2) is 11.5 Å². The van der Waals surface area contributed by atoms with Gasteiger partial charge in [-0.3, -0.25) is 0 Å². The van der Waals surface area contributed by atoms with Crippen LogP contribution in [0.1, 0.15) is 24.1 Å². The van der Waals surface area contributed by atoms with Gasteiger partial charge in [0.25, 0.3) is 0 Å². The summed E-state index contributed by atoms with van der Waals surface area (Å²) in [7, 11) is 0. The highest BCUT2D eigenvalue weighted by Crippen LogP contribution is 2.16. The molecule has 0 amide bonds. The van der Waals surface area contributed by atoms with Gasteiger partial charge in [0.15, 0.2) is 0 Å². The van der Waals surface area contributed by atoms with Crippen molar-refractivity contribution in [1.29, 1.82) is 0 Å². The monoisotopic (exact) mass is 195 g/mol. The standard InChI is InChI=1S/C11H17NS/c1-3-13-8-11(12)10-6-4-9(2)5-7-10/h4-7,11H,3,8,12H2,1-2H3. The Balaban J connectivity index is 2.55. The highest BCUT2D eigenvalue weighted by atomic mass is 32.2. The van der Waals surface area contributed by atoms with Crippen molar-refractivity contribution in [3.8, 4) is 0 Å². The first-order chi connectivity index (χ1) is 6.24. The minimum Gasteiger partial charge on any atom is -0.323 e. The van der Waals surface area contributed by atoms with Crippen molar-refractivity contribution >= 4 is 11.8 Å². The topological polar surface area (TPSA) is 26.0 Å². The molecule has 1 nitrogen and oxygen atoms in total. The van der Waals surface area contributed by atoms with Crippen LogP contribution in [0.5, 0.6) is 0 Å². The van der Waals surface area contributed by atoms with Crippen molar-refractivity contribution in [3.05, 3.63) is 35.4 Å². The lowest BCUT2D eigenvalue weighted by Crippen LogP contribution is -2.12. The highest BCUT2D eigenvalue weighted by molar-refractivity contribution is 7.99. The van der Waals surface area contributed by atoms with Gasteiger partial charge >= 0.3 is 0 Å². The first kappa shape index (κ1) is 10.6. The summed E-state index contributed by atoms with van der Waals surface area (Å²) < 4.78 is 0. The van der Waals surface area contributed by atoms with Crippen LogP contribution in [0.2, 0.25) is 0 Å². The first-order valence-corrected chi connectivity index (χ1v) is 5.79. The third kappa shape index (κ3) is 3.41. The zero-order valence-electron chi connectivity index (χ0n) is 8.29. The Hall–Kier alpha value is -0.470. The van der Waals surface area contributed by atoms with Crippen LogP contribution in [0, 0.1) is 6.92 Å². The van der Waals surface area contributed by atoms with E-state index in [1.165, 1.54) is 11.1 Å². The molecule has 0 spiro atoms. The Kier molecular flexibility index (Phi) is 4.33. The number of hydrogen-bond donors (Lipinski definition) is 1. The maximum Gasteiger partial charge on any atom is 0.0386 e. The second kappa shape index (κ2) is 5.30. The Morgan fingerprint density at radius 2 is 1.92 bits per heavy atom. The van der Waals surface area contributed by atoms with Crippen molar-refractivity contribution < 1.29 is 0 Å². The fourth-order valence-corrected chi connectivity index (χ4v) is 1.84. The lowest BCUT2D eigenvalue weighted by molar-refractivity contribution is 0.831. The number of nitrogens with two attached hydrogens (primary N) is 1. The number of thioether (sulfide) groups is 1. The second-order valence-corrected chi connectivity index (χ2v) is 4.50. The summed E-state index contributed by atoms with van der Waals surface area (Å²) in [5.74, 6) is 2.15. The van der Waals surface area contributed by atoms with Gasteiger partial charge in [-0.2, -0.15) is 11.8 Å². The molecule has 0 aliphatic rings. The zero-order valence-corrected chi connectivity index (χ0v) is 9.10. The molecule has 0 aliphatic heterocycles. The minimum absolute atomic E-state index is 0.186.